The molecule has 0 radical (unpaired) electrons. The van der Waals surface area contributed by atoms with Gasteiger partial charge in [0.05, 0.1) is 6.17 Å². The largest absolute Gasteiger partial charge is 0.301 e. The van der Waals surface area contributed by atoms with Crippen LogP contribution in [0.25, 0.3) is 0 Å². The monoisotopic (exact) mass is 154 g/mol. The molecule has 0 aromatic heterocycles. The molecule has 3 unspecified atom stereocenters. The van der Waals surface area contributed by atoms with E-state index in [9.17, 15) is 0 Å². The van der Waals surface area contributed by atoms with Crippen molar-refractivity contribution in [2.75, 3.05) is 20.1 Å². The van der Waals surface area contributed by atoms with Crippen LogP contribution in [0.2, 0.25) is 0 Å². The second-order valence-corrected chi connectivity index (χ2v) is 4.10. The van der Waals surface area contributed by atoms with Gasteiger partial charge in [-0.3, -0.25) is 4.90 Å². The molecule has 64 valence electrons. The van der Waals surface area contributed by atoms with Crippen molar-refractivity contribution in [2.45, 2.75) is 25.9 Å². The lowest BCUT2D eigenvalue weighted by Gasteiger charge is -2.35. The van der Waals surface area contributed by atoms with Gasteiger partial charge in [-0.2, -0.15) is 0 Å². The summed E-state index contributed by atoms with van der Waals surface area (Å²) in [6.07, 6.45) is 3.46. The van der Waals surface area contributed by atoms with Crippen molar-refractivity contribution < 1.29 is 0 Å². The van der Waals surface area contributed by atoms with Crippen LogP contribution in [0.5, 0.6) is 0 Å². The molecule has 0 bridgehead atoms. The zero-order chi connectivity index (χ0) is 7.84. The van der Waals surface area contributed by atoms with E-state index in [1.54, 1.807) is 0 Å². The first-order chi connectivity index (χ1) is 5.29. The zero-order valence-electron chi connectivity index (χ0n) is 7.51. The predicted octanol–water partition coefficient (Wildman–Crippen LogP) is 0.894. The Bertz CT molecular complexity index is 144. The van der Waals surface area contributed by atoms with Crippen molar-refractivity contribution in [3.63, 3.8) is 0 Å². The summed E-state index contributed by atoms with van der Waals surface area (Å²) in [7, 11) is 2.23. The molecule has 2 nitrogen and oxygen atoms in total. The van der Waals surface area contributed by atoms with Gasteiger partial charge in [-0.05, 0) is 44.8 Å². The van der Waals surface area contributed by atoms with Gasteiger partial charge < -0.3 is 5.32 Å². The van der Waals surface area contributed by atoms with Crippen LogP contribution in [0.15, 0.2) is 0 Å². The van der Waals surface area contributed by atoms with Crippen LogP contribution >= 0.6 is 0 Å². The highest BCUT2D eigenvalue weighted by atomic mass is 15.3. The quantitative estimate of drug-likeness (QED) is 0.557. The number of piperidine rings is 1. The first kappa shape index (κ1) is 7.56. The molecule has 2 saturated heterocycles. The maximum absolute atomic E-state index is 3.59. The Morgan fingerprint density at radius 1 is 1.36 bits per heavy atom. The Labute approximate surface area is 69.0 Å². The molecule has 2 fully saturated rings. The molecule has 11 heavy (non-hydrogen) atoms. The van der Waals surface area contributed by atoms with E-state index in [1.165, 1.54) is 25.9 Å². The van der Waals surface area contributed by atoms with E-state index in [2.05, 4.69) is 24.2 Å². The molecule has 2 aliphatic heterocycles. The van der Waals surface area contributed by atoms with Gasteiger partial charge in [-0.15, -0.1) is 0 Å². The van der Waals surface area contributed by atoms with E-state index >= 15 is 0 Å². The summed E-state index contributed by atoms with van der Waals surface area (Å²) in [4.78, 5) is 2.46. The molecule has 2 aliphatic rings. The number of nitrogens with zero attached hydrogens (tertiary/aromatic N) is 1. The van der Waals surface area contributed by atoms with E-state index in [-0.39, 0.29) is 0 Å². The highest BCUT2D eigenvalue weighted by Gasteiger charge is 2.37. The number of rotatable bonds is 0. The first-order valence-corrected chi connectivity index (χ1v) is 4.72. The van der Waals surface area contributed by atoms with Crippen LogP contribution in [0.4, 0.5) is 0 Å². The van der Waals surface area contributed by atoms with Crippen LogP contribution < -0.4 is 5.32 Å². The van der Waals surface area contributed by atoms with Crippen molar-refractivity contribution in [2.24, 2.45) is 11.8 Å². The lowest BCUT2D eigenvalue weighted by Crippen LogP contribution is -2.48. The van der Waals surface area contributed by atoms with Crippen LogP contribution in [0, 0.1) is 11.8 Å². The van der Waals surface area contributed by atoms with E-state index in [0.29, 0.717) is 6.17 Å². The molecule has 0 saturated carbocycles. The third kappa shape index (κ3) is 1.18. The molecule has 0 aliphatic carbocycles. The standard InChI is InChI=1S/C9H18N2/c1-7-3-5-10-9-8(7)4-6-11(9)2/h7-10H,3-6H2,1-2H3. The minimum Gasteiger partial charge on any atom is -0.301 e. The summed E-state index contributed by atoms with van der Waals surface area (Å²) in [6.45, 7) is 4.90. The van der Waals surface area contributed by atoms with Crippen LogP contribution in [0.1, 0.15) is 19.8 Å². The second-order valence-electron chi connectivity index (χ2n) is 4.10. The molecular weight excluding hydrogens is 136 g/mol. The average molecular weight is 154 g/mol. The number of fused-ring (bicyclic) bond motifs is 1. The van der Waals surface area contributed by atoms with Gasteiger partial charge in [0.25, 0.3) is 0 Å². The van der Waals surface area contributed by atoms with Gasteiger partial charge in [0.2, 0.25) is 0 Å². The Hall–Kier alpha value is -0.0800. The highest BCUT2D eigenvalue weighted by molar-refractivity contribution is 4.89. The van der Waals surface area contributed by atoms with Gasteiger partial charge >= 0.3 is 0 Å². The third-order valence-corrected chi connectivity index (χ3v) is 3.38. The van der Waals surface area contributed by atoms with Gasteiger partial charge in [-0.1, -0.05) is 6.92 Å². The Kier molecular flexibility index (Phi) is 1.90. The number of likely N-dealkylation sites (tertiary alicyclic amines) is 1. The maximum atomic E-state index is 3.59. The molecule has 0 aromatic carbocycles. The minimum absolute atomic E-state index is 0.693. The predicted molar refractivity (Wildman–Crippen MR) is 46.3 cm³/mol. The highest BCUT2D eigenvalue weighted by Crippen LogP contribution is 2.32. The van der Waals surface area contributed by atoms with Crippen LogP contribution in [-0.4, -0.2) is 31.2 Å². The molecule has 2 heterocycles. The fraction of sp³-hybridized carbons (Fsp3) is 1.00. The molecule has 1 N–H and O–H groups in total. The number of hydrogen-bond donors (Lipinski definition) is 1. The topological polar surface area (TPSA) is 15.3 Å². The summed E-state index contributed by atoms with van der Waals surface area (Å²) >= 11 is 0. The van der Waals surface area contributed by atoms with Gasteiger partial charge in [-0.25, -0.2) is 0 Å². The number of nitrogens with one attached hydrogen (secondary N) is 1. The third-order valence-electron chi connectivity index (χ3n) is 3.38. The summed E-state index contributed by atoms with van der Waals surface area (Å²) in [5.74, 6) is 1.86. The van der Waals surface area contributed by atoms with Crippen molar-refractivity contribution in [3.8, 4) is 0 Å². The summed E-state index contributed by atoms with van der Waals surface area (Å²) < 4.78 is 0. The summed E-state index contributed by atoms with van der Waals surface area (Å²) in [5.41, 5.74) is 0. The van der Waals surface area contributed by atoms with Crippen LogP contribution in [0.3, 0.4) is 0 Å². The lowest BCUT2D eigenvalue weighted by molar-refractivity contribution is 0.148. The summed E-state index contributed by atoms with van der Waals surface area (Å²) in [5, 5.41) is 3.59. The zero-order valence-corrected chi connectivity index (χ0v) is 7.51. The Morgan fingerprint density at radius 3 is 2.91 bits per heavy atom. The molecule has 2 heteroatoms. The van der Waals surface area contributed by atoms with Crippen molar-refractivity contribution >= 4 is 0 Å². The van der Waals surface area contributed by atoms with E-state index in [1.807, 2.05) is 0 Å². The number of hydrogen-bond acceptors (Lipinski definition) is 2. The smallest absolute Gasteiger partial charge is 0.0626 e. The average Bonchev–Trinajstić information content (AvgIpc) is 2.35. The molecule has 3 atom stereocenters. The lowest BCUT2D eigenvalue weighted by atomic mass is 9.85. The van der Waals surface area contributed by atoms with Crippen LogP contribution in [-0.2, 0) is 0 Å². The molecule has 0 aromatic rings. The van der Waals surface area contributed by atoms with E-state index in [4.69, 9.17) is 0 Å². The minimum atomic E-state index is 0.693. The Morgan fingerprint density at radius 2 is 2.18 bits per heavy atom. The van der Waals surface area contributed by atoms with E-state index in [0.717, 1.165) is 11.8 Å². The molecule has 2 rings (SSSR count). The molecule has 0 spiro atoms. The summed E-state index contributed by atoms with van der Waals surface area (Å²) in [6, 6.07) is 0. The van der Waals surface area contributed by atoms with Gasteiger partial charge in [0, 0.05) is 0 Å². The van der Waals surface area contributed by atoms with Crippen molar-refractivity contribution in [3.05, 3.63) is 0 Å². The van der Waals surface area contributed by atoms with E-state index < -0.39 is 0 Å². The van der Waals surface area contributed by atoms with Gasteiger partial charge in [0.15, 0.2) is 0 Å². The molecule has 0 amide bonds. The first-order valence-electron chi connectivity index (χ1n) is 4.72. The molecular formula is C9H18N2. The Balaban J connectivity index is 2.07. The van der Waals surface area contributed by atoms with Gasteiger partial charge in [0.1, 0.15) is 0 Å². The fourth-order valence-electron chi connectivity index (χ4n) is 2.55. The second kappa shape index (κ2) is 2.76. The SMILES string of the molecule is CC1CCNC2C1CCN2C. The maximum Gasteiger partial charge on any atom is 0.0626 e. The fourth-order valence-corrected chi connectivity index (χ4v) is 2.55. The van der Waals surface area contributed by atoms with Crippen molar-refractivity contribution in [1.29, 1.82) is 0 Å². The van der Waals surface area contributed by atoms with Crippen molar-refractivity contribution in [1.82, 2.24) is 10.2 Å². The normalized spacial score (nSPS) is 45.8.